The lowest BCUT2D eigenvalue weighted by Crippen LogP contribution is -2.04. The van der Waals surface area contributed by atoms with E-state index in [2.05, 4.69) is 47.0 Å². The smallest absolute Gasteiger partial charge is 0.169 e. The van der Waals surface area contributed by atoms with Gasteiger partial charge in [-0.1, -0.05) is 54.2 Å². The number of nitrogens with zero attached hydrogens (tertiary/aromatic N) is 2. The highest BCUT2D eigenvalue weighted by Gasteiger charge is 2.11. The summed E-state index contributed by atoms with van der Waals surface area (Å²) in [5, 5.41) is 1.02. The van der Waals surface area contributed by atoms with Gasteiger partial charge in [0.2, 0.25) is 0 Å². The molecule has 0 spiro atoms. The van der Waals surface area contributed by atoms with Crippen molar-refractivity contribution in [3.8, 4) is 11.5 Å². The number of thioether (sulfide) groups is 1. The number of imidazole rings is 1. The molecule has 5 heteroatoms. The van der Waals surface area contributed by atoms with Crippen LogP contribution in [0.25, 0.3) is 11.0 Å². The Hall–Kier alpha value is -2.92. The van der Waals surface area contributed by atoms with E-state index in [1.54, 1.807) is 18.9 Å². The molecule has 4 aromatic rings. The highest BCUT2D eigenvalue weighted by atomic mass is 32.2. The van der Waals surface area contributed by atoms with E-state index >= 15 is 0 Å². The highest BCUT2D eigenvalue weighted by molar-refractivity contribution is 7.99. The number of aromatic nitrogens is 2. The monoisotopic (exact) mass is 390 g/mol. The Morgan fingerprint density at radius 2 is 1.57 bits per heavy atom. The van der Waals surface area contributed by atoms with E-state index in [1.165, 1.54) is 5.56 Å². The molecule has 28 heavy (non-hydrogen) atoms. The third kappa shape index (κ3) is 4.31. The maximum Gasteiger partial charge on any atom is 0.169 e. The molecule has 0 saturated heterocycles. The summed E-state index contributed by atoms with van der Waals surface area (Å²) in [7, 11) is 1.66. The van der Waals surface area contributed by atoms with Gasteiger partial charge < -0.3 is 14.0 Å². The zero-order valence-electron chi connectivity index (χ0n) is 15.7. The lowest BCUT2D eigenvalue weighted by atomic mass is 10.2. The number of ether oxygens (including phenoxy) is 2. The summed E-state index contributed by atoms with van der Waals surface area (Å²) in [6.07, 6.45) is 0. The largest absolute Gasteiger partial charge is 0.497 e. The van der Waals surface area contributed by atoms with Crippen molar-refractivity contribution in [2.24, 2.45) is 0 Å². The Labute approximate surface area is 169 Å². The average Bonchev–Trinajstić information content (AvgIpc) is 3.10. The van der Waals surface area contributed by atoms with E-state index in [9.17, 15) is 0 Å². The molecule has 0 saturated carbocycles. The molecule has 0 atom stereocenters. The predicted octanol–water partition coefficient (Wildman–Crippen LogP) is 5.26. The Balaban J connectivity index is 1.44. The molecule has 0 aliphatic rings. The van der Waals surface area contributed by atoms with E-state index < -0.39 is 0 Å². The van der Waals surface area contributed by atoms with Gasteiger partial charge in [-0.15, -0.1) is 0 Å². The van der Waals surface area contributed by atoms with Crippen LogP contribution in [0.15, 0.2) is 84.0 Å². The Morgan fingerprint density at radius 3 is 2.36 bits per heavy atom. The first-order chi connectivity index (χ1) is 13.8. The summed E-state index contributed by atoms with van der Waals surface area (Å²) < 4.78 is 13.3. The van der Waals surface area contributed by atoms with Crippen molar-refractivity contribution >= 4 is 22.8 Å². The van der Waals surface area contributed by atoms with Crippen molar-refractivity contribution in [2.75, 3.05) is 19.5 Å². The van der Waals surface area contributed by atoms with Crippen LogP contribution in [0.2, 0.25) is 0 Å². The quantitative estimate of drug-likeness (QED) is 0.304. The molecule has 3 aromatic carbocycles. The van der Waals surface area contributed by atoms with Crippen LogP contribution in [-0.4, -0.2) is 29.0 Å². The van der Waals surface area contributed by atoms with E-state index in [-0.39, 0.29) is 0 Å². The molecule has 0 radical (unpaired) electrons. The third-order valence-electron chi connectivity index (χ3n) is 4.45. The maximum atomic E-state index is 5.85. The van der Waals surface area contributed by atoms with Crippen molar-refractivity contribution < 1.29 is 9.47 Å². The first kappa shape index (κ1) is 18.4. The van der Waals surface area contributed by atoms with Crippen LogP contribution in [0.4, 0.5) is 0 Å². The van der Waals surface area contributed by atoms with Crippen molar-refractivity contribution in [2.45, 2.75) is 11.7 Å². The first-order valence-electron chi connectivity index (χ1n) is 9.22. The predicted molar refractivity (Wildman–Crippen MR) is 114 cm³/mol. The van der Waals surface area contributed by atoms with Gasteiger partial charge in [-0.3, -0.25) is 0 Å². The zero-order chi connectivity index (χ0) is 19.2. The van der Waals surface area contributed by atoms with E-state index in [4.69, 9.17) is 14.5 Å². The first-order valence-corrected chi connectivity index (χ1v) is 10.2. The van der Waals surface area contributed by atoms with Crippen LogP contribution >= 0.6 is 11.8 Å². The summed E-state index contributed by atoms with van der Waals surface area (Å²) in [5.41, 5.74) is 3.45. The minimum absolute atomic E-state index is 0.617. The Morgan fingerprint density at radius 1 is 0.857 bits per heavy atom. The molecule has 0 aliphatic heterocycles. The van der Waals surface area contributed by atoms with Crippen LogP contribution in [0.5, 0.6) is 11.5 Å². The Bertz CT molecular complexity index is 1030. The number of hydrogen-bond acceptors (Lipinski definition) is 4. The lowest BCUT2D eigenvalue weighted by Gasteiger charge is -2.10. The molecular weight excluding hydrogens is 368 g/mol. The van der Waals surface area contributed by atoms with E-state index in [0.29, 0.717) is 6.61 Å². The fourth-order valence-electron chi connectivity index (χ4n) is 3.05. The molecule has 4 nitrogen and oxygen atoms in total. The van der Waals surface area contributed by atoms with E-state index in [1.807, 2.05) is 36.4 Å². The molecule has 1 aromatic heterocycles. The fraction of sp³-hybridized carbons (Fsp3) is 0.174. The molecule has 4 rings (SSSR count). The van der Waals surface area contributed by atoms with Crippen LogP contribution in [0, 0.1) is 0 Å². The van der Waals surface area contributed by atoms with Gasteiger partial charge in [0.05, 0.1) is 31.3 Å². The minimum Gasteiger partial charge on any atom is -0.497 e. The number of para-hydroxylation sites is 2. The molecule has 0 aliphatic carbocycles. The summed E-state index contributed by atoms with van der Waals surface area (Å²) in [6, 6.07) is 26.4. The number of hydrogen-bond donors (Lipinski definition) is 0. The summed E-state index contributed by atoms with van der Waals surface area (Å²) in [6.45, 7) is 1.43. The second-order valence-corrected chi connectivity index (χ2v) is 7.39. The maximum absolute atomic E-state index is 5.85. The summed E-state index contributed by atoms with van der Waals surface area (Å²) >= 11 is 1.72. The molecule has 0 bridgehead atoms. The van der Waals surface area contributed by atoms with Gasteiger partial charge in [0, 0.05) is 5.75 Å². The molecule has 0 amide bonds. The van der Waals surface area contributed by atoms with E-state index in [0.717, 1.165) is 40.0 Å². The van der Waals surface area contributed by atoms with Crippen LogP contribution in [-0.2, 0) is 6.54 Å². The van der Waals surface area contributed by atoms with Gasteiger partial charge in [0.25, 0.3) is 0 Å². The van der Waals surface area contributed by atoms with Gasteiger partial charge in [-0.2, -0.15) is 0 Å². The summed E-state index contributed by atoms with van der Waals surface area (Å²) in [4.78, 5) is 4.83. The fourth-order valence-corrected chi connectivity index (χ4v) is 3.88. The van der Waals surface area contributed by atoms with Gasteiger partial charge >= 0.3 is 0 Å². The topological polar surface area (TPSA) is 36.3 Å². The molecule has 0 N–H and O–H groups in total. The second kappa shape index (κ2) is 8.85. The molecule has 142 valence electrons. The van der Waals surface area contributed by atoms with Gasteiger partial charge in [-0.05, 0) is 42.0 Å². The van der Waals surface area contributed by atoms with Crippen molar-refractivity contribution in [1.29, 1.82) is 0 Å². The molecule has 0 unspecified atom stereocenters. The molecular formula is C23H22N2O2S. The number of benzene rings is 3. The standard InChI is InChI=1S/C23H22N2O2S/c1-26-19-11-13-20(14-12-19)27-15-16-28-23-24-21-9-5-6-10-22(21)25(23)17-18-7-3-2-4-8-18/h2-14H,15-17H2,1H3. The lowest BCUT2D eigenvalue weighted by molar-refractivity contribution is 0.342. The van der Waals surface area contributed by atoms with Gasteiger partial charge in [-0.25, -0.2) is 4.98 Å². The van der Waals surface area contributed by atoms with Crippen molar-refractivity contribution in [1.82, 2.24) is 9.55 Å². The van der Waals surface area contributed by atoms with Crippen LogP contribution in [0.1, 0.15) is 5.56 Å². The Kier molecular flexibility index (Phi) is 5.83. The number of methoxy groups -OCH3 is 1. The van der Waals surface area contributed by atoms with Crippen LogP contribution in [0.3, 0.4) is 0 Å². The van der Waals surface area contributed by atoms with Crippen molar-refractivity contribution in [3.05, 3.63) is 84.4 Å². The third-order valence-corrected chi connectivity index (χ3v) is 5.39. The normalized spacial score (nSPS) is 10.9. The minimum atomic E-state index is 0.617. The average molecular weight is 391 g/mol. The molecule has 1 heterocycles. The second-order valence-electron chi connectivity index (χ2n) is 6.33. The molecule has 0 fully saturated rings. The van der Waals surface area contributed by atoms with Gasteiger partial charge in [0.1, 0.15) is 11.5 Å². The number of rotatable bonds is 8. The van der Waals surface area contributed by atoms with Crippen LogP contribution < -0.4 is 9.47 Å². The summed E-state index contributed by atoms with van der Waals surface area (Å²) in [5.74, 6) is 2.50. The van der Waals surface area contributed by atoms with Crippen molar-refractivity contribution in [3.63, 3.8) is 0 Å². The van der Waals surface area contributed by atoms with Gasteiger partial charge in [0.15, 0.2) is 5.16 Å². The zero-order valence-corrected chi connectivity index (χ0v) is 16.6. The highest BCUT2D eigenvalue weighted by Crippen LogP contribution is 2.25. The number of fused-ring (bicyclic) bond motifs is 1. The SMILES string of the molecule is COc1ccc(OCCSc2nc3ccccc3n2Cc2ccccc2)cc1.